The molecule has 3 nitrogen and oxygen atoms in total. The van der Waals surface area contributed by atoms with E-state index in [1.165, 1.54) is 5.56 Å². The van der Waals surface area contributed by atoms with Crippen LogP contribution in [-0.4, -0.2) is 24.8 Å². The molecule has 0 saturated heterocycles. The first-order valence-corrected chi connectivity index (χ1v) is 8.61. The standard InChI is InChI=1S/C18H25NO2S/c1-13(2)16(10-14-6-4-5-7-18(14)21-3)19-11-17(20)15-8-9-22-12-15/h4-9,12-13,16-17,19-20H,10-11H2,1-3H3. The predicted molar refractivity (Wildman–Crippen MR) is 92.6 cm³/mol. The van der Waals surface area contributed by atoms with Gasteiger partial charge in [0.1, 0.15) is 5.75 Å². The third-order valence-corrected chi connectivity index (χ3v) is 4.64. The van der Waals surface area contributed by atoms with Gasteiger partial charge in [0.25, 0.3) is 0 Å². The van der Waals surface area contributed by atoms with E-state index in [-0.39, 0.29) is 0 Å². The van der Waals surface area contributed by atoms with E-state index >= 15 is 0 Å². The molecular weight excluding hydrogens is 294 g/mol. The lowest BCUT2D eigenvalue weighted by atomic mass is 9.95. The van der Waals surface area contributed by atoms with Gasteiger partial charge in [0, 0.05) is 12.6 Å². The minimum Gasteiger partial charge on any atom is -0.496 e. The number of ether oxygens (including phenoxy) is 1. The van der Waals surface area contributed by atoms with Crippen LogP contribution in [0.4, 0.5) is 0 Å². The largest absolute Gasteiger partial charge is 0.496 e. The second-order valence-electron chi connectivity index (χ2n) is 5.85. The molecule has 1 aromatic heterocycles. The number of para-hydroxylation sites is 1. The van der Waals surface area contributed by atoms with E-state index in [0.717, 1.165) is 17.7 Å². The fourth-order valence-corrected chi connectivity index (χ4v) is 3.20. The Morgan fingerprint density at radius 2 is 2.00 bits per heavy atom. The molecule has 0 amide bonds. The Balaban J connectivity index is 1.98. The highest BCUT2D eigenvalue weighted by atomic mass is 32.1. The minimum atomic E-state index is -0.454. The quantitative estimate of drug-likeness (QED) is 0.780. The molecule has 1 aromatic carbocycles. The molecule has 0 bridgehead atoms. The predicted octanol–water partition coefficient (Wildman–Crippen LogP) is 3.65. The zero-order valence-corrected chi connectivity index (χ0v) is 14.3. The summed E-state index contributed by atoms with van der Waals surface area (Å²) >= 11 is 1.61. The molecule has 0 saturated carbocycles. The Morgan fingerprint density at radius 3 is 2.64 bits per heavy atom. The molecule has 2 aromatic rings. The van der Waals surface area contributed by atoms with Crippen molar-refractivity contribution in [2.45, 2.75) is 32.4 Å². The summed E-state index contributed by atoms with van der Waals surface area (Å²) < 4.78 is 5.43. The van der Waals surface area contributed by atoms with Crippen LogP contribution >= 0.6 is 11.3 Å². The van der Waals surface area contributed by atoms with Crippen LogP contribution in [0.3, 0.4) is 0 Å². The van der Waals surface area contributed by atoms with E-state index < -0.39 is 6.10 Å². The number of aliphatic hydroxyl groups excluding tert-OH is 1. The summed E-state index contributed by atoms with van der Waals surface area (Å²) in [7, 11) is 1.71. The van der Waals surface area contributed by atoms with E-state index in [2.05, 4.69) is 25.2 Å². The van der Waals surface area contributed by atoms with Gasteiger partial charge in [0.15, 0.2) is 0 Å². The number of benzene rings is 1. The summed E-state index contributed by atoms with van der Waals surface area (Å²) in [6, 6.07) is 10.4. The summed E-state index contributed by atoms with van der Waals surface area (Å²) in [4.78, 5) is 0. The van der Waals surface area contributed by atoms with Gasteiger partial charge in [0.05, 0.1) is 13.2 Å². The highest BCUT2D eigenvalue weighted by molar-refractivity contribution is 7.07. The second-order valence-corrected chi connectivity index (χ2v) is 6.63. The summed E-state index contributed by atoms with van der Waals surface area (Å²) in [6.07, 6.45) is 0.433. The molecule has 0 radical (unpaired) electrons. The van der Waals surface area contributed by atoms with Gasteiger partial charge in [-0.25, -0.2) is 0 Å². The number of aliphatic hydroxyl groups is 1. The molecule has 4 heteroatoms. The molecule has 0 fully saturated rings. The van der Waals surface area contributed by atoms with Crippen molar-refractivity contribution in [3.63, 3.8) is 0 Å². The molecule has 2 unspecified atom stereocenters. The minimum absolute atomic E-state index is 0.296. The summed E-state index contributed by atoms with van der Waals surface area (Å²) in [6.45, 7) is 4.96. The van der Waals surface area contributed by atoms with Gasteiger partial charge in [-0.1, -0.05) is 32.0 Å². The lowest BCUT2D eigenvalue weighted by Crippen LogP contribution is -2.38. The first kappa shape index (κ1) is 17.0. The van der Waals surface area contributed by atoms with Crippen LogP contribution in [0.5, 0.6) is 5.75 Å². The van der Waals surface area contributed by atoms with Gasteiger partial charge in [-0.15, -0.1) is 0 Å². The van der Waals surface area contributed by atoms with Crippen molar-refractivity contribution in [3.05, 3.63) is 52.2 Å². The summed E-state index contributed by atoms with van der Waals surface area (Å²) in [5.41, 5.74) is 2.18. The Bertz CT molecular complexity index is 554. The van der Waals surface area contributed by atoms with E-state index in [9.17, 15) is 5.11 Å². The maximum Gasteiger partial charge on any atom is 0.122 e. The zero-order chi connectivity index (χ0) is 15.9. The fourth-order valence-electron chi connectivity index (χ4n) is 2.50. The van der Waals surface area contributed by atoms with Crippen LogP contribution in [0.25, 0.3) is 0 Å². The maximum absolute atomic E-state index is 10.2. The number of nitrogens with one attached hydrogen (secondary N) is 1. The fraction of sp³-hybridized carbons (Fsp3) is 0.444. The van der Waals surface area contributed by atoms with Crippen molar-refractivity contribution in [2.24, 2.45) is 5.92 Å². The van der Waals surface area contributed by atoms with Gasteiger partial charge >= 0.3 is 0 Å². The van der Waals surface area contributed by atoms with Crippen molar-refractivity contribution in [1.82, 2.24) is 5.32 Å². The third-order valence-electron chi connectivity index (χ3n) is 3.94. The smallest absolute Gasteiger partial charge is 0.122 e. The van der Waals surface area contributed by atoms with Crippen LogP contribution in [-0.2, 0) is 6.42 Å². The highest BCUT2D eigenvalue weighted by Gasteiger charge is 2.18. The molecule has 120 valence electrons. The number of hydrogen-bond acceptors (Lipinski definition) is 4. The van der Waals surface area contributed by atoms with Crippen molar-refractivity contribution in [3.8, 4) is 5.75 Å². The second kappa shape index (κ2) is 8.32. The molecule has 0 aliphatic rings. The first-order valence-electron chi connectivity index (χ1n) is 7.67. The molecule has 0 aliphatic heterocycles. The molecule has 22 heavy (non-hydrogen) atoms. The van der Waals surface area contributed by atoms with Gasteiger partial charge in [-0.3, -0.25) is 0 Å². The Morgan fingerprint density at radius 1 is 1.23 bits per heavy atom. The van der Waals surface area contributed by atoms with Crippen LogP contribution < -0.4 is 10.1 Å². The molecule has 0 spiro atoms. The van der Waals surface area contributed by atoms with Crippen LogP contribution in [0.1, 0.15) is 31.1 Å². The lowest BCUT2D eigenvalue weighted by molar-refractivity contribution is 0.165. The molecule has 2 atom stereocenters. The number of thiophene rings is 1. The highest BCUT2D eigenvalue weighted by Crippen LogP contribution is 2.22. The average molecular weight is 319 g/mol. The van der Waals surface area contributed by atoms with Crippen molar-refractivity contribution in [2.75, 3.05) is 13.7 Å². The van der Waals surface area contributed by atoms with Crippen LogP contribution in [0.2, 0.25) is 0 Å². The average Bonchev–Trinajstić information content (AvgIpc) is 3.05. The van der Waals surface area contributed by atoms with Crippen LogP contribution in [0.15, 0.2) is 41.1 Å². The zero-order valence-electron chi connectivity index (χ0n) is 13.5. The molecule has 2 N–H and O–H groups in total. The topological polar surface area (TPSA) is 41.5 Å². The van der Waals surface area contributed by atoms with Crippen molar-refractivity contribution < 1.29 is 9.84 Å². The van der Waals surface area contributed by atoms with E-state index in [1.807, 2.05) is 35.0 Å². The van der Waals surface area contributed by atoms with E-state index in [1.54, 1.807) is 18.4 Å². The summed E-state index contributed by atoms with van der Waals surface area (Å²) in [5, 5.41) is 17.7. The lowest BCUT2D eigenvalue weighted by Gasteiger charge is -2.25. The third kappa shape index (κ3) is 4.57. The Kier molecular flexibility index (Phi) is 6.43. The molecule has 1 heterocycles. The van der Waals surface area contributed by atoms with E-state index in [4.69, 9.17) is 4.74 Å². The number of rotatable bonds is 8. The van der Waals surface area contributed by atoms with Crippen molar-refractivity contribution in [1.29, 1.82) is 0 Å². The normalized spacial score (nSPS) is 14.0. The summed E-state index contributed by atoms with van der Waals surface area (Å²) in [5.74, 6) is 1.40. The molecule has 2 rings (SSSR count). The van der Waals surface area contributed by atoms with Gasteiger partial charge in [-0.05, 0) is 46.4 Å². The monoisotopic (exact) mass is 319 g/mol. The molecular formula is C18H25NO2S. The van der Waals surface area contributed by atoms with Gasteiger partial charge < -0.3 is 15.2 Å². The van der Waals surface area contributed by atoms with Crippen LogP contribution in [0, 0.1) is 5.92 Å². The van der Waals surface area contributed by atoms with Gasteiger partial charge in [0.2, 0.25) is 0 Å². The maximum atomic E-state index is 10.2. The number of hydrogen-bond donors (Lipinski definition) is 2. The van der Waals surface area contributed by atoms with Crippen molar-refractivity contribution >= 4 is 11.3 Å². The van der Waals surface area contributed by atoms with Gasteiger partial charge in [-0.2, -0.15) is 11.3 Å². The Labute approximate surface area is 137 Å². The number of methoxy groups -OCH3 is 1. The first-order chi connectivity index (χ1) is 10.6. The molecule has 0 aliphatic carbocycles. The SMILES string of the molecule is COc1ccccc1CC(NCC(O)c1ccsc1)C(C)C. The Hall–Kier alpha value is -1.36. The van der Waals surface area contributed by atoms with E-state index in [0.29, 0.717) is 18.5 Å².